The topological polar surface area (TPSA) is 58.9 Å². The second-order valence-corrected chi connectivity index (χ2v) is 32.7. The first-order valence-corrected chi connectivity index (χ1v) is 31.5. The molecule has 1 heterocycles. The fourth-order valence-electron chi connectivity index (χ4n) is 8.83. The van der Waals surface area contributed by atoms with Gasteiger partial charge in [0.05, 0.1) is 0 Å². The average Bonchev–Trinajstić information content (AvgIpc) is 3.57. The second kappa shape index (κ2) is 23.7. The van der Waals surface area contributed by atoms with Gasteiger partial charge in [-0.15, -0.1) is 24.3 Å². The van der Waals surface area contributed by atoms with Crippen LogP contribution in [0.4, 0.5) is 0 Å². The fourth-order valence-corrected chi connectivity index (χ4v) is 29.7. The van der Waals surface area contributed by atoms with Gasteiger partial charge in [0.15, 0.2) is 0 Å². The smallest absolute Gasteiger partial charge is 0.0866 e. The minimum Gasteiger partial charge on any atom is -0.199 e. The average molecular weight is 999 g/mol. The number of benzene rings is 6. The van der Waals surface area contributed by atoms with Crippen LogP contribution >= 0.6 is 15.9 Å². The summed E-state index contributed by atoms with van der Waals surface area (Å²) in [7, 11) is 0.415. The molecule has 8 rings (SSSR count). The molecule has 2 N–H and O–H groups in total. The zero-order chi connectivity index (χ0) is 50.2. The molecule has 1 fully saturated rings. The predicted octanol–water partition coefficient (Wildman–Crippen LogP) is 18.1. The third-order valence-electron chi connectivity index (χ3n) is 13.7. The number of fused-ring (bicyclic) bond motifs is 1. The molecular weight excluding hydrogens is 921 g/mol. The van der Waals surface area contributed by atoms with E-state index in [0.717, 1.165) is 45.3 Å². The zero-order valence-corrected chi connectivity index (χ0v) is 46.8. The number of hydrogen-bond donors (Lipinski definition) is 2. The van der Waals surface area contributed by atoms with Gasteiger partial charge in [0.2, 0.25) is 0 Å². The normalized spacial score (nSPS) is 17.9. The summed E-state index contributed by atoms with van der Waals surface area (Å²) >= 11 is -0.397. The summed E-state index contributed by atoms with van der Waals surface area (Å²) in [5.74, 6) is 5.12. The van der Waals surface area contributed by atoms with E-state index in [2.05, 4.69) is 145 Å². The largest absolute Gasteiger partial charge is 0.199 e. The second-order valence-electron chi connectivity index (χ2n) is 21.3. The monoisotopic (exact) mass is 998 g/mol. The number of hydrogen-bond acceptors (Lipinski definition) is 4. The van der Waals surface area contributed by atoms with Crippen molar-refractivity contribution < 1.29 is 35.1 Å². The summed E-state index contributed by atoms with van der Waals surface area (Å²) in [4.78, 5) is 0. The molecule has 1 aliphatic carbocycles. The van der Waals surface area contributed by atoms with Crippen LogP contribution in [0.5, 0.6) is 34.5 Å². The molecule has 0 aromatic heterocycles. The Kier molecular flexibility index (Phi) is 18.6. The Morgan fingerprint density at radius 3 is 1.13 bits per heavy atom. The van der Waals surface area contributed by atoms with Crippen LogP contribution in [-0.2, 0) is 37.8 Å². The quantitative estimate of drug-likeness (QED) is 0.118. The first kappa shape index (κ1) is 54.0. The van der Waals surface area contributed by atoms with Gasteiger partial charge in [0.1, 0.15) is 0 Å². The van der Waals surface area contributed by atoms with Crippen molar-refractivity contribution in [1.82, 2.24) is 0 Å². The van der Waals surface area contributed by atoms with Crippen LogP contribution in [0.3, 0.4) is 0 Å². The van der Waals surface area contributed by atoms with E-state index in [0.29, 0.717) is 33.5 Å². The number of phenolic OH excluding ortho intramolecular Hbond substituents is 2. The molecule has 4 nitrogen and oxygen atoms in total. The van der Waals surface area contributed by atoms with E-state index in [-0.39, 0.29) is 26.8 Å². The summed E-state index contributed by atoms with van der Waals surface area (Å²) in [6.45, 7) is 33.7. The Bertz CT molecular complexity index is 2560. The van der Waals surface area contributed by atoms with Crippen molar-refractivity contribution >= 4 is 15.9 Å². The number of aryl methyl sites for hydroxylation is 4. The van der Waals surface area contributed by atoms with Gasteiger partial charge >= 0.3 is 344 Å². The molecule has 368 valence electrons. The van der Waals surface area contributed by atoms with Crippen LogP contribution in [0.1, 0.15) is 147 Å². The van der Waals surface area contributed by atoms with Crippen molar-refractivity contribution in [3.63, 3.8) is 0 Å². The van der Waals surface area contributed by atoms with Crippen molar-refractivity contribution in [2.24, 2.45) is 0 Å². The maximum atomic E-state index is 12.0. The molecule has 0 spiro atoms. The molecule has 0 bridgehead atoms. The summed E-state index contributed by atoms with van der Waals surface area (Å²) in [6, 6.07) is 36.8. The minimum atomic E-state index is -0.397. The number of aromatic hydroxyl groups is 2. The summed E-state index contributed by atoms with van der Waals surface area (Å²) in [5, 5.41) is 25.3. The van der Waals surface area contributed by atoms with E-state index < -0.39 is 15.5 Å². The first-order valence-electron chi connectivity index (χ1n) is 24.7. The number of rotatable bonds is 8. The van der Waals surface area contributed by atoms with Crippen molar-refractivity contribution in [2.45, 2.75) is 154 Å². The predicted molar refractivity (Wildman–Crippen MR) is 295 cm³/mol. The Hall–Kier alpha value is -4.33. The van der Waals surface area contributed by atoms with E-state index in [9.17, 15) is 10.2 Å². The maximum absolute atomic E-state index is 12.0. The Labute approximate surface area is 426 Å². The first-order chi connectivity index (χ1) is 32.6. The molecule has 6 aromatic carbocycles. The number of ether oxygens (including phenoxy) is 2. The van der Waals surface area contributed by atoms with Crippen molar-refractivity contribution in [2.75, 3.05) is 0 Å². The molecule has 0 saturated heterocycles. The third kappa shape index (κ3) is 14.6. The van der Waals surface area contributed by atoms with Gasteiger partial charge in [0.25, 0.3) is 0 Å². The van der Waals surface area contributed by atoms with Gasteiger partial charge in [-0.1, -0.05) is 12.1 Å². The molecule has 6 aromatic rings. The molecule has 0 radical (unpaired) electrons. The van der Waals surface area contributed by atoms with Crippen LogP contribution in [-0.4, -0.2) is 20.7 Å². The van der Waals surface area contributed by atoms with E-state index in [4.69, 9.17) is 9.47 Å². The molecule has 2 unspecified atom stereocenters. The van der Waals surface area contributed by atoms with Gasteiger partial charge in [0, 0.05) is 0 Å². The van der Waals surface area contributed by atoms with E-state index >= 15 is 0 Å². The molecule has 7 heteroatoms. The molecule has 0 amide bonds. The molecule has 69 heavy (non-hydrogen) atoms. The SMILES string of the molecule is Cc1cc(Oc2cc(C(C)(C)C)cc(C[S]3=[Ti]=[S@@](Cc4cc(C(C)(C)C)cc(Oc5cc(C)c(C)c(C)c5)c4O)C4CCCCCC[C@@H]43)c2O)cc(C)c1C.[CH2-]c1ccccc1.[CH2-]c1ccccc1. The maximum Gasteiger partial charge on any atom is -0.0866 e. The van der Waals surface area contributed by atoms with Crippen molar-refractivity contribution in [3.8, 4) is 34.5 Å². The van der Waals surface area contributed by atoms with E-state index in [1.165, 1.54) is 83.0 Å². The van der Waals surface area contributed by atoms with Crippen LogP contribution in [0.15, 0.2) is 109 Å². The van der Waals surface area contributed by atoms with Crippen LogP contribution in [0, 0.1) is 55.4 Å². The summed E-state index contributed by atoms with van der Waals surface area (Å²) in [6.07, 6.45) is 7.78. The fraction of sp³-hybridized carbons (Fsp3) is 0.387. The molecular formula is C62H78O4S2Ti-2. The standard InChI is InChI=1S/C48H64O4S2.2C7H7.Ti/c1-29-19-39(20-30(2)33(29)5)51-41-25-37(47(7,8)9)23-35(45(41)49)27-53-43-17-15-13-14-16-18-44(43)54-28-36-24-38(48(10,11)12)26-42(46(36)50)52-40-21-31(3)34(6)32(4)22-40;2*1-7-5-3-2-4-6-7;/h19-26,43-44,49-50H,13-18,27-28H2,1-12H3;2*2-6H,1H2;/q;2*-1;/t43-,44?;;;/m0.../s1. The molecule has 4 atom stereocenters. The van der Waals surface area contributed by atoms with Gasteiger partial charge < -0.3 is 0 Å². The molecule has 2 aliphatic rings. The van der Waals surface area contributed by atoms with Crippen LogP contribution in [0.25, 0.3) is 0 Å². The molecule has 1 aliphatic heterocycles. The van der Waals surface area contributed by atoms with Gasteiger partial charge in [-0.25, -0.2) is 0 Å². The van der Waals surface area contributed by atoms with Gasteiger partial charge in [-0.05, 0) is 0 Å². The van der Waals surface area contributed by atoms with Gasteiger partial charge in [-0.2, -0.15) is 49.2 Å². The van der Waals surface area contributed by atoms with Crippen molar-refractivity contribution in [3.05, 3.63) is 190 Å². The third-order valence-corrected chi connectivity index (χ3v) is 29.6. The minimum absolute atomic E-state index is 0.0901. The Morgan fingerprint density at radius 2 is 0.841 bits per heavy atom. The number of phenols is 2. The zero-order valence-electron chi connectivity index (χ0n) is 43.6. The Morgan fingerprint density at radius 1 is 0.507 bits per heavy atom. The Balaban J connectivity index is 0.000000477. The van der Waals surface area contributed by atoms with Crippen LogP contribution < -0.4 is 9.47 Å². The van der Waals surface area contributed by atoms with E-state index in [1.54, 1.807) is 0 Å². The molecule has 1 saturated carbocycles. The van der Waals surface area contributed by atoms with E-state index in [1.807, 2.05) is 60.7 Å². The van der Waals surface area contributed by atoms with Crippen molar-refractivity contribution in [1.29, 1.82) is 0 Å². The van der Waals surface area contributed by atoms with Gasteiger partial charge in [-0.3, -0.25) is 0 Å². The van der Waals surface area contributed by atoms with Crippen LogP contribution in [0.2, 0.25) is 0 Å². The summed E-state index contributed by atoms with van der Waals surface area (Å²) < 4.78 is 13.1. The summed E-state index contributed by atoms with van der Waals surface area (Å²) in [5.41, 5.74) is 13.8.